The van der Waals surface area contributed by atoms with Gasteiger partial charge >= 0.3 is 5.97 Å². The van der Waals surface area contributed by atoms with Crippen molar-refractivity contribution in [2.75, 3.05) is 6.54 Å². The lowest BCUT2D eigenvalue weighted by atomic mass is 9.95. The smallest absolute Gasteiger partial charge is 0.335 e. The van der Waals surface area contributed by atoms with Crippen molar-refractivity contribution in [3.05, 3.63) is 34.6 Å². The van der Waals surface area contributed by atoms with E-state index in [1.807, 2.05) is 0 Å². The molecule has 0 bridgehead atoms. The van der Waals surface area contributed by atoms with E-state index in [0.29, 0.717) is 30.6 Å². The molecule has 14 heavy (non-hydrogen) atoms. The molecule has 0 amide bonds. The van der Waals surface area contributed by atoms with E-state index in [9.17, 15) is 9.18 Å². The lowest BCUT2D eigenvalue weighted by Gasteiger charge is -2.19. The highest BCUT2D eigenvalue weighted by atomic mass is 19.1. The first kappa shape index (κ1) is 9.15. The lowest BCUT2D eigenvalue weighted by Crippen LogP contribution is -2.26. The molecule has 0 fully saturated rings. The van der Waals surface area contributed by atoms with E-state index in [1.54, 1.807) is 0 Å². The van der Waals surface area contributed by atoms with Crippen LogP contribution in [0.15, 0.2) is 12.1 Å². The average molecular weight is 195 g/mol. The third-order valence-electron chi connectivity index (χ3n) is 2.46. The van der Waals surface area contributed by atoms with Crippen LogP contribution in [0.25, 0.3) is 0 Å². The van der Waals surface area contributed by atoms with Gasteiger partial charge in [-0.1, -0.05) is 0 Å². The zero-order valence-electron chi connectivity index (χ0n) is 7.51. The summed E-state index contributed by atoms with van der Waals surface area (Å²) >= 11 is 0. The van der Waals surface area contributed by atoms with Crippen LogP contribution in [0.1, 0.15) is 21.5 Å². The molecule has 4 heteroatoms. The molecule has 0 saturated heterocycles. The number of benzene rings is 1. The molecule has 3 nitrogen and oxygen atoms in total. The Labute approximate surface area is 80.6 Å². The Bertz CT molecular complexity index is 390. The maximum atomic E-state index is 13.3. The van der Waals surface area contributed by atoms with Gasteiger partial charge in [0.2, 0.25) is 0 Å². The SMILES string of the molecule is O=C(O)c1ccc(F)c2c1CCNC2. The first-order valence-corrected chi connectivity index (χ1v) is 4.44. The molecule has 0 spiro atoms. The molecule has 0 unspecified atom stereocenters. The minimum absolute atomic E-state index is 0.225. The largest absolute Gasteiger partial charge is 0.478 e. The Balaban J connectivity index is 2.59. The Hall–Kier alpha value is -1.42. The van der Waals surface area contributed by atoms with Gasteiger partial charge in [-0.2, -0.15) is 0 Å². The summed E-state index contributed by atoms with van der Waals surface area (Å²) in [6.07, 6.45) is 0.578. The van der Waals surface area contributed by atoms with Crippen LogP contribution in [-0.4, -0.2) is 17.6 Å². The van der Waals surface area contributed by atoms with E-state index in [-0.39, 0.29) is 11.4 Å². The Morgan fingerprint density at radius 3 is 2.93 bits per heavy atom. The highest BCUT2D eigenvalue weighted by Gasteiger charge is 2.19. The molecule has 1 aromatic rings. The maximum absolute atomic E-state index is 13.3. The third kappa shape index (κ3) is 1.37. The Kier molecular flexibility index (Phi) is 2.21. The van der Waals surface area contributed by atoms with Crippen molar-refractivity contribution in [2.24, 2.45) is 0 Å². The lowest BCUT2D eigenvalue weighted by molar-refractivity contribution is 0.0695. The van der Waals surface area contributed by atoms with E-state index >= 15 is 0 Å². The molecule has 0 saturated carbocycles. The van der Waals surface area contributed by atoms with Crippen molar-refractivity contribution in [1.82, 2.24) is 5.32 Å². The second-order valence-electron chi connectivity index (χ2n) is 3.28. The topological polar surface area (TPSA) is 49.3 Å². The number of rotatable bonds is 1. The maximum Gasteiger partial charge on any atom is 0.335 e. The molecule has 0 aliphatic carbocycles. The van der Waals surface area contributed by atoms with Crippen molar-refractivity contribution >= 4 is 5.97 Å². The molecule has 74 valence electrons. The van der Waals surface area contributed by atoms with Gasteiger partial charge in [0.1, 0.15) is 5.82 Å². The van der Waals surface area contributed by atoms with E-state index < -0.39 is 5.97 Å². The fourth-order valence-corrected chi connectivity index (χ4v) is 1.77. The van der Waals surface area contributed by atoms with Crippen molar-refractivity contribution in [1.29, 1.82) is 0 Å². The third-order valence-corrected chi connectivity index (χ3v) is 2.46. The molecule has 1 aromatic carbocycles. The second-order valence-corrected chi connectivity index (χ2v) is 3.28. The molecule has 1 aliphatic heterocycles. The number of aromatic carboxylic acids is 1. The van der Waals surface area contributed by atoms with Crippen molar-refractivity contribution in [3.8, 4) is 0 Å². The fraction of sp³-hybridized carbons (Fsp3) is 0.300. The van der Waals surface area contributed by atoms with Crippen LogP contribution in [0.2, 0.25) is 0 Å². The van der Waals surface area contributed by atoms with Gasteiger partial charge in [-0.3, -0.25) is 0 Å². The molecule has 2 rings (SSSR count). The van der Waals surface area contributed by atoms with E-state index in [2.05, 4.69) is 5.32 Å². The number of nitrogens with one attached hydrogen (secondary N) is 1. The van der Waals surface area contributed by atoms with Crippen LogP contribution in [0.5, 0.6) is 0 Å². The quantitative estimate of drug-likeness (QED) is 0.707. The summed E-state index contributed by atoms with van der Waals surface area (Å²) in [5.41, 5.74) is 1.36. The normalized spacial score (nSPS) is 14.9. The van der Waals surface area contributed by atoms with Crippen LogP contribution in [0, 0.1) is 5.82 Å². The Morgan fingerprint density at radius 2 is 2.21 bits per heavy atom. The predicted octanol–water partition coefficient (Wildman–Crippen LogP) is 1.17. The number of carbonyl (C=O) groups is 1. The van der Waals surface area contributed by atoms with Crippen LogP contribution >= 0.6 is 0 Å². The molecule has 1 aliphatic rings. The van der Waals surface area contributed by atoms with Crippen molar-refractivity contribution in [2.45, 2.75) is 13.0 Å². The molecule has 0 aromatic heterocycles. The first-order valence-electron chi connectivity index (χ1n) is 4.44. The molecular formula is C10H10FNO2. The minimum atomic E-state index is -0.983. The standard InChI is InChI=1S/C10H10FNO2/c11-9-2-1-7(10(13)14)6-3-4-12-5-8(6)9/h1-2,12H,3-5H2,(H,13,14). The molecule has 0 atom stereocenters. The van der Waals surface area contributed by atoms with Gasteiger partial charge < -0.3 is 10.4 Å². The average Bonchev–Trinajstić information content (AvgIpc) is 2.18. The van der Waals surface area contributed by atoms with Crippen LogP contribution < -0.4 is 5.32 Å². The zero-order valence-corrected chi connectivity index (χ0v) is 7.51. The molecule has 0 radical (unpaired) electrons. The molecular weight excluding hydrogens is 185 g/mol. The Morgan fingerprint density at radius 1 is 1.43 bits per heavy atom. The summed E-state index contributed by atoms with van der Waals surface area (Å²) in [6.45, 7) is 1.12. The van der Waals surface area contributed by atoms with Gasteiger partial charge in [0.25, 0.3) is 0 Å². The predicted molar refractivity (Wildman–Crippen MR) is 48.8 cm³/mol. The fourth-order valence-electron chi connectivity index (χ4n) is 1.77. The summed E-state index contributed by atoms with van der Waals surface area (Å²) in [6, 6.07) is 2.55. The summed E-state index contributed by atoms with van der Waals surface area (Å²) in [5.74, 6) is -1.31. The van der Waals surface area contributed by atoms with Gasteiger partial charge in [0, 0.05) is 12.1 Å². The van der Waals surface area contributed by atoms with Crippen molar-refractivity contribution in [3.63, 3.8) is 0 Å². The number of carboxylic acid groups (broad SMARTS) is 1. The molecule has 1 heterocycles. The number of hydrogen-bond donors (Lipinski definition) is 2. The number of fused-ring (bicyclic) bond motifs is 1. The van der Waals surface area contributed by atoms with Crippen molar-refractivity contribution < 1.29 is 14.3 Å². The van der Waals surface area contributed by atoms with Crippen LogP contribution in [-0.2, 0) is 13.0 Å². The van der Waals surface area contributed by atoms with Gasteiger partial charge in [-0.25, -0.2) is 9.18 Å². The summed E-state index contributed by atoms with van der Waals surface area (Å²) < 4.78 is 13.3. The van der Waals surface area contributed by atoms with E-state index in [4.69, 9.17) is 5.11 Å². The zero-order chi connectivity index (χ0) is 10.1. The highest BCUT2D eigenvalue weighted by molar-refractivity contribution is 5.89. The molecule has 2 N–H and O–H groups in total. The van der Waals surface area contributed by atoms with E-state index in [1.165, 1.54) is 12.1 Å². The van der Waals surface area contributed by atoms with Gasteiger partial charge in [0.05, 0.1) is 5.56 Å². The van der Waals surface area contributed by atoms with Gasteiger partial charge in [0.15, 0.2) is 0 Å². The van der Waals surface area contributed by atoms with Gasteiger partial charge in [-0.05, 0) is 30.7 Å². The first-order chi connectivity index (χ1) is 6.70. The van der Waals surface area contributed by atoms with Crippen LogP contribution in [0.3, 0.4) is 0 Å². The van der Waals surface area contributed by atoms with E-state index in [0.717, 1.165) is 0 Å². The highest BCUT2D eigenvalue weighted by Crippen LogP contribution is 2.21. The second kappa shape index (κ2) is 3.38. The summed E-state index contributed by atoms with van der Waals surface area (Å²) in [7, 11) is 0. The number of hydrogen-bond acceptors (Lipinski definition) is 2. The number of halogens is 1. The monoisotopic (exact) mass is 195 g/mol. The van der Waals surface area contributed by atoms with Gasteiger partial charge in [-0.15, -0.1) is 0 Å². The van der Waals surface area contributed by atoms with Crippen LogP contribution in [0.4, 0.5) is 4.39 Å². The number of carboxylic acids is 1. The summed E-state index contributed by atoms with van der Waals surface area (Å²) in [4.78, 5) is 10.8. The minimum Gasteiger partial charge on any atom is -0.478 e. The summed E-state index contributed by atoms with van der Waals surface area (Å²) in [5, 5.41) is 11.9.